The molecular formula is C84H177N6O30Si5+. The van der Waals surface area contributed by atoms with Crippen molar-refractivity contribution in [3.8, 4) is 0 Å². The number of carbonyl (C=O) groups is 10. The first kappa shape index (κ1) is 132. The van der Waals surface area contributed by atoms with Crippen molar-refractivity contribution in [2.75, 3.05) is 146 Å². The Kier molecular flexibility index (Phi) is 88.5. The summed E-state index contributed by atoms with van der Waals surface area (Å²) in [6.45, 7) is 51.5. The van der Waals surface area contributed by atoms with E-state index >= 15 is 0 Å². The van der Waals surface area contributed by atoms with Crippen LogP contribution in [0.3, 0.4) is 0 Å². The molecule has 0 aliphatic carbocycles. The number of nitrogens with zero attached hydrogens (tertiary/aromatic N) is 1. The lowest BCUT2D eigenvalue weighted by Gasteiger charge is -2.37. The normalized spacial score (nSPS) is 14.8. The molecule has 4 atom stereocenters. The number of esters is 4. The Morgan fingerprint density at radius 2 is 0.792 bits per heavy atom. The predicted octanol–water partition coefficient (Wildman–Crippen LogP) is 8.53. The van der Waals surface area contributed by atoms with E-state index in [0.29, 0.717) is 194 Å². The summed E-state index contributed by atoms with van der Waals surface area (Å²) < 4.78 is 94.3. The number of rotatable bonds is 66. The van der Waals surface area contributed by atoms with E-state index in [-0.39, 0.29) is 97.3 Å². The molecule has 3 saturated heterocycles. The zero-order valence-corrected chi connectivity index (χ0v) is 86.3. The van der Waals surface area contributed by atoms with Crippen LogP contribution >= 0.6 is 0 Å². The number of likely N-dealkylation sites (tertiary alicyclic amines) is 1. The van der Waals surface area contributed by atoms with Gasteiger partial charge in [0, 0.05) is 174 Å². The maximum atomic E-state index is 12.2. The standard InChI is InChI=1S/C21H38O3.2C13H27NO6Si.C13H25NO5Si.2C9H23NO3Si.C4H4O3.C2H7N.H2O/c1-6-8-10-12-17(4)15-21(5,14-16(3)11-9-7-2)18-13-19(22)24-20(18)23;2*1-4-18-21(19-5-2,20-6-3)11-7-10-14-12(15)8-9-13(16)17;1-4-17-20(18-5-2,19-6-3)11-7-10-14-12(15)8-9-13(14)16;2*1-4-11-14(12-5-2,13-6-3)9-7-8-10;5-3-1-2-4(6)7-3;1-3-2;/h16-18H,6-15H2,1-5H3;2*4-11H2,1-3H3,(H,14,15)(H,16,17);4-11H2,1-3H3;2*4-10H2,1-3H3;1-2H2;3H,1-2H3;1H2/p+1. The summed E-state index contributed by atoms with van der Waals surface area (Å²) in [6, 6.07) is 3.53. The van der Waals surface area contributed by atoms with Crippen molar-refractivity contribution in [3.05, 3.63) is 0 Å². The number of cyclic esters (lactones) is 4. The van der Waals surface area contributed by atoms with Crippen LogP contribution in [0, 0.1) is 23.2 Å². The van der Waals surface area contributed by atoms with Crippen LogP contribution in [0.4, 0.5) is 0 Å². The number of carboxylic acids is 2. The lowest BCUT2D eigenvalue weighted by Crippen LogP contribution is -2.88. The fourth-order valence-electron chi connectivity index (χ4n) is 13.6. The average molecular weight is 1890 g/mol. The third-order valence-electron chi connectivity index (χ3n) is 18.5. The number of hydrogen-bond acceptors (Lipinski definition) is 30. The van der Waals surface area contributed by atoms with E-state index in [1.165, 1.54) is 55.2 Å². The van der Waals surface area contributed by atoms with Crippen LogP contribution in [-0.4, -0.2) is 265 Å². The van der Waals surface area contributed by atoms with E-state index in [0.717, 1.165) is 37.8 Å². The summed E-state index contributed by atoms with van der Waals surface area (Å²) in [5, 5.41) is 25.0. The zero-order chi connectivity index (χ0) is 95.2. The lowest BCUT2D eigenvalue weighted by atomic mass is 9.65. The molecule has 4 unspecified atom stereocenters. The molecule has 0 spiro atoms. The number of primary amides is 1. The van der Waals surface area contributed by atoms with Crippen LogP contribution in [0.2, 0.25) is 30.2 Å². The van der Waals surface area contributed by atoms with Crippen LogP contribution in [0.1, 0.15) is 286 Å². The Hall–Kier alpha value is -4.22. The summed E-state index contributed by atoms with van der Waals surface area (Å²) in [7, 11) is -8.74. The van der Waals surface area contributed by atoms with Gasteiger partial charge in [-0.05, 0) is 179 Å². The van der Waals surface area contributed by atoms with Crippen molar-refractivity contribution in [2.24, 2.45) is 34.6 Å². The lowest BCUT2D eigenvalue weighted by molar-refractivity contribution is -0.597. The Labute approximate surface area is 757 Å². The topological polar surface area (TPSA) is 503 Å². The van der Waals surface area contributed by atoms with Crippen LogP contribution in [0.5, 0.6) is 0 Å². The Balaban J connectivity index is -0.000000334. The maximum absolute atomic E-state index is 12.2. The van der Waals surface area contributed by atoms with Gasteiger partial charge in [0.1, 0.15) is 0 Å². The van der Waals surface area contributed by atoms with Gasteiger partial charge in [-0.1, -0.05) is 79.6 Å². The molecule has 41 heteroatoms. The minimum absolute atomic E-state index is 0. The van der Waals surface area contributed by atoms with Crippen molar-refractivity contribution in [3.63, 3.8) is 0 Å². The Morgan fingerprint density at radius 3 is 1.08 bits per heavy atom. The fraction of sp³-hybridized carbons (Fsp3) is 0.881. The largest absolute Gasteiger partial charge is 0.550 e. The van der Waals surface area contributed by atoms with Crippen molar-refractivity contribution in [1.82, 2.24) is 10.2 Å². The minimum atomic E-state index is -2.66. The molecular weight excluding hydrogens is 1710 g/mol. The molecule has 0 bridgehead atoms. The fourth-order valence-corrected chi connectivity index (χ4v) is 26.7. The number of amides is 4. The molecule has 4 amide bonds. The van der Waals surface area contributed by atoms with Crippen molar-refractivity contribution in [2.45, 2.75) is 316 Å². The molecule has 0 saturated carbocycles. The average Bonchev–Trinajstić information content (AvgIpc) is 1.69. The highest BCUT2D eigenvalue weighted by atomic mass is 28.4. The number of carbonyl (C=O) groups excluding carboxylic acids is 9. The summed E-state index contributed by atoms with van der Waals surface area (Å²) >= 11 is 0. The van der Waals surface area contributed by atoms with E-state index in [2.05, 4.69) is 44.7 Å². The number of nitrogens with one attached hydrogen (secondary N) is 1. The van der Waals surface area contributed by atoms with Gasteiger partial charge in [-0.3, -0.25) is 48.6 Å². The summed E-state index contributed by atoms with van der Waals surface area (Å²) in [6.07, 6.45) is 15.6. The molecule has 3 heterocycles. The van der Waals surface area contributed by atoms with Crippen LogP contribution in [0.25, 0.3) is 0 Å². The van der Waals surface area contributed by atoms with Gasteiger partial charge in [-0.15, -0.1) is 0 Å². The number of unbranched alkanes of at least 4 members (excludes halogenated alkanes) is 3. The quantitative estimate of drug-likeness (QED) is 0.0109. The highest BCUT2D eigenvalue weighted by molar-refractivity contribution is 6.62. The third-order valence-corrected chi connectivity index (χ3v) is 34.2. The first-order chi connectivity index (χ1) is 59.1. The molecule has 12 N–H and O–H groups in total. The van der Waals surface area contributed by atoms with E-state index in [1.807, 2.05) is 123 Å². The molecule has 125 heavy (non-hydrogen) atoms. The molecule has 3 aliphatic heterocycles. The zero-order valence-electron chi connectivity index (χ0n) is 81.3. The molecule has 36 nitrogen and oxygen atoms in total. The Bertz CT molecular complexity index is 2530. The van der Waals surface area contributed by atoms with Crippen LogP contribution < -0.4 is 32.5 Å². The van der Waals surface area contributed by atoms with E-state index < -0.39 is 67.9 Å². The Morgan fingerprint density at radius 1 is 0.464 bits per heavy atom. The summed E-state index contributed by atoms with van der Waals surface area (Å²) in [5.41, 5.74) is 10.8. The number of quaternary nitrogens is 2. The van der Waals surface area contributed by atoms with Gasteiger partial charge in [-0.2, -0.15) is 0 Å². The number of carboxylic acid groups (broad SMARTS) is 2. The molecule has 0 aromatic heterocycles. The number of imide groups is 1. The summed E-state index contributed by atoms with van der Waals surface area (Å²) in [4.78, 5) is 112. The van der Waals surface area contributed by atoms with E-state index in [1.54, 1.807) is 0 Å². The number of ether oxygens (including phenoxy) is 2. The summed E-state index contributed by atoms with van der Waals surface area (Å²) in [5.74, 6) is -3.25. The van der Waals surface area contributed by atoms with Crippen molar-refractivity contribution in [1.29, 1.82) is 0 Å². The van der Waals surface area contributed by atoms with Gasteiger partial charge < -0.3 is 118 Å². The third kappa shape index (κ3) is 66.7. The number of aliphatic carboxylic acids is 2. The van der Waals surface area contributed by atoms with Crippen LogP contribution in [0.15, 0.2) is 0 Å². The second kappa shape index (κ2) is 84.1. The maximum Gasteiger partial charge on any atom is 0.501 e. The monoisotopic (exact) mass is 1890 g/mol. The smallest absolute Gasteiger partial charge is 0.501 e. The molecule has 3 aliphatic rings. The molecule has 742 valence electrons. The van der Waals surface area contributed by atoms with Gasteiger partial charge in [0.05, 0.1) is 58.7 Å². The highest BCUT2D eigenvalue weighted by Gasteiger charge is 2.48. The van der Waals surface area contributed by atoms with Gasteiger partial charge in [-0.25, -0.2) is 4.79 Å². The number of nitrogens with two attached hydrogens (primary N) is 4. The van der Waals surface area contributed by atoms with Gasteiger partial charge in [0.15, 0.2) is 0 Å². The molecule has 3 rings (SSSR count). The van der Waals surface area contributed by atoms with Gasteiger partial charge >= 0.3 is 79.8 Å². The first-order valence-electron chi connectivity index (χ1n) is 46.2. The van der Waals surface area contributed by atoms with Gasteiger partial charge in [0.25, 0.3) is 0 Å². The molecule has 0 aromatic rings. The van der Waals surface area contributed by atoms with Crippen molar-refractivity contribution < 1.29 is 150 Å². The van der Waals surface area contributed by atoms with Gasteiger partial charge in [0.2, 0.25) is 17.7 Å². The van der Waals surface area contributed by atoms with Crippen molar-refractivity contribution >= 4 is 103 Å². The molecule has 3 fully saturated rings. The number of hydrogen-bond donors (Lipinski definition) is 6. The second-order valence-corrected chi connectivity index (χ2v) is 43.1. The van der Waals surface area contributed by atoms with E-state index in [4.69, 9.17) is 87.7 Å². The molecule has 0 aromatic carbocycles. The highest BCUT2D eigenvalue weighted by Crippen LogP contribution is 2.46. The second-order valence-electron chi connectivity index (χ2n) is 29.4. The molecule has 0 radical (unpaired) electrons. The minimum Gasteiger partial charge on any atom is -0.550 e. The first-order valence-corrected chi connectivity index (χ1v) is 55.8. The SMILES string of the molecule is CCCCCC(C)CC(C)(CC(C)CCCC)C1CC(=O)OC1=O.CCO[Si](CCCN)(OCC)OCC.CCO[Si](CCCN)(OCC)OCC.CCO[Si](CCCN1C(=O)CCC1=O)(OCC)OCC.CCO[Si](CCCNC(=O)CCC(=O)O)(OCC)OCC.CCO[Si](CCC[NH2+]C(=O)CCC(=O)[O-])(OCC)OCC.C[NH2+]C.O.O=C1CCC(=O)O1. The van der Waals surface area contributed by atoms with Crippen LogP contribution in [-0.2, 0) is 124 Å². The van der Waals surface area contributed by atoms with E-state index in [9.17, 15) is 53.1 Å². The predicted molar refractivity (Wildman–Crippen MR) is 487 cm³/mol.